The smallest absolute Gasteiger partial charge is 0.236 e. The molecule has 7 nitrogen and oxygen atoms in total. The molecule has 1 amide bonds. The topological polar surface area (TPSA) is 75.9 Å². The van der Waals surface area contributed by atoms with Gasteiger partial charge < -0.3 is 10.2 Å². The lowest BCUT2D eigenvalue weighted by Crippen LogP contribution is -2.22. The van der Waals surface area contributed by atoms with Gasteiger partial charge in [0.25, 0.3) is 0 Å². The molecule has 0 atom stereocenters. The zero-order valence-electron chi connectivity index (χ0n) is 15.4. The van der Waals surface area contributed by atoms with E-state index in [9.17, 15) is 4.79 Å². The molecule has 1 fully saturated rings. The number of hydrogen-bond acceptors (Lipinski definition) is 6. The van der Waals surface area contributed by atoms with E-state index in [-0.39, 0.29) is 11.7 Å². The van der Waals surface area contributed by atoms with E-state index in [4.69, 9.17) is 23.2 Å². The van der Waals surface area contributed by atoms with Gasteiger partial charge >= 0.3 is 0 Å². The molecule has 10 heteroatoms. The highest BCUT2D eigenvalue weighted by Crippen LogP contribution is 2.31. The fourth-order valence-electron chi connectivity index (χ4n) is 3.08. The predicted molar refractivity (Wildman–Crippen MR) is 116 cm³/mol. The first kappa shape index (κ1) is 20.0. The maximum absolute atomic E-state index is 12.3. The average molecular weight is 449 g/mol. The van der Waals surface area contributed by atoms with Gasteiger partial charge in [0, 0.05) is 19.3 Å². The number of aromatic nitrogens is 4. The summed E-state index contributed by atoms with van der Waals surface area (Å²) in [5.41, 5.74) is 0.795. The van der Waals surface area contributed by atoms with Gasteiger partial charge in [-0.25, -0.2) is 4.98 Å². The number of para-hydroxylation sites is 1. The quantitative estimate of drug-likeness (QED) is 0.566. The zero-order valence-corrected chi connectivity index (χ0v) is 17.7. The van der Waals surface area contributed by atoms with Gasteiger partial charge in [-0.3, -0.25) is 9.36 Å². The predicted octanol–water partition coefficient (Wildman–Crippen LogP) is 4.30. The van der Waals surface area contributed by atoms with Crippen LogP contribution < -0.4 is 10.2 Å². The van der Waals surface area contributed by atoms with Crippen LogP contribution in [0.25, 0.3) is 5.69 Å². The molecule has 0 saturated carbocycles. The van der Waals surface area contributed by atoms with Gasteiger partial charge in [0.05, 0.1) is 21.5 Å². The molecular formula is C19H18Cl2N6OS. The van der Waals surface area contributed by atoms with E-state index >= 15 is 0 Å². The van der Waals surface area contributed by atoms with E-state index in [1.165, 1.54) is 18.0 Å². The molecule has 1 N–H and O–H groups in total. The second kappa shape index (κ2) is 9.02. The summed E-state index contributed by atoms with van der Waals surface area (Å²) in [6.07, 6.45) is 3.73. The third-order valence-electron chi connectivity index (χ3n) is 4.43. The van der Waals surface area contributed by atoms with Crippen molar-refractivity contribution in [2.24, 2.45) is 0 Å². The lowest BCUT2D eigenvalue weighted by atomic mass is 10.3. The number of carbonyl (C=O) groups excluding carboxylic acids is 1. The zero-order chi connectivity index (χ0) is 20.2. The highest BCUT2D eigenvalue weighted by Gasteiger charge is 2.24. The van der Waals surface area contributed by atoms with Gasteiger partial charge in [-0.15, -0.1) is 10.2 Å². The number of pyridine rings is 1. The largest absolute Gasteiger partial charge is 0.341 e. The molecular weight excluding hydrogens is 431 g/mol. The summed E-state index contributed by atoms with van der Waals surface area (Å²) in [4.78, 5) is 18.6. The molecule has 0 bridgehead atoms. The number of thioether (sulfide) groups is 1. The summed E-state index contributed by atoms with van der Waals surface area (Å²) >= 11 is 13.6. The van der Waals surface area contributed by atoms with Gasteiger partial charge in [0.2, 0.25) is 11.9 Å². The van der Waals surface area contributed by atoms with Crippen molar-refractivity contribution in [3.05, 3.63) is 52.6 Å². The third-order valence-corrected chi connectivity index (χ3v) is 5.90. The second-order valence-corrected chi connectivity index (χ2v) is 8.25. The molecule has 4 rings (SSSR count). The van der Waals surface area contributed by atoms with Gasteiger partial charge in [0.15, 0.2) is 5.16 Å². The fourth-order valence-corrected chi connectivity index (χ4v) is 4.15. The summed E-state index contributed by atoms with van der Waals surface area (Å²) in [6, 6.07) is 10.9. The third kappa shape index (κ3) is 4.66. The van der Waals surface area contributed by atoms with Crippen molar-refractivity contribution < 1.29 is 4.79 Å². The number of anilines is 2. The van der Waals surface area contributed by atoms with Gasteiger partial charge in [-0.1, -0.05) is 47.1 Å². The van der Waals surface area contributed by atoms with Gasteiger partial charge in [0.1, 0.15) is 5.82 Å². The summed E-state index contributed by atoms with van der Waals surface area (Å²) in [5, 5.41) is 13.2. The van der Waals surface area contributed by atoms with Crippen LogP contribution in [-0.4, -0.2) is 44.5 Å². The van der Waals surface area contributed by atoms with Crippen LogP contribution in [0.1, 0.15) is 12.8 Å². The van der Waals surface area contributed by atoms with Crippen molar-refractivity contribution in [3.8, 4) is 5.69 Å². The molecule has 1 aromatic carbocycles. The number of nitrogens with zero attached hydrogens (tertiary/aromatic N) is 5. The minimum atomic E-state index is -0.193. The Bertz CT molecular complexity index is 1000. The Kier molecular flexibility index (Phi) is 6.22. The first-order chi connectivity index (χ1) is 14.1. The molecule has 150 valence electrons. The monoisotopic (exact) mass is 448 g/mol. The highest BCUT2D eigenvalue weighted by atomic mass is 35.5. The van der Waals surface area contributed by atoms with E-state index in [1.807, 2.05) is 28.8 Å². The molecule has 1 aliphatic heterocycles. The molecule has 0 spiro atoms. The molecule has 29 heavy (non-hydrogen) atoms. The van der Waals surface area contributed by atoms with Crippen molar-refractivity contribution in [2.45, 2.75) is 18.0 Å². The van der Waals surface area contributed by atoms with Crippen LogP contribution in [0.3, 0.4) is 0 Å². The van der Waals surface area contributed by atoms with Crippen LogP contribution in [0.5, 0.6) is 0 Å². The first-order valence-electron chi connectivity index (χ1n) is 9.11. The molecule has 2 aromatic heterocycles. The Morgan fingerprint density at radius 1 is 1.10 bits per heavy atom. The molecule has 3 heterocycles. The van der Waals surface area contributed by atoms with E-state index in [0.29, 0.717) is 21.0 Å². The number of hydrogen-bond donors (Lipinski definition) is 1. The van der Waals surface area contributed by atoms with E-state index in [1.54, 1.807) is 12.1 Å². The van der Waals surface area contributed by atoms with Gasteiger partial charge in [-0.05, 0) is 37.1 Å². The van der Waals surface area contributed by atoms with Crippen LogP contribution in [0.4, 0.5) is 11.8 Å². The minimum Gasteiger partial charge on any atom is -0.341 e. The van der Waals surface area contributed by atoms with Crippen molar-refractivity contribution in [3.63, 3.8) is 0 Å². The van der Waals surface area contributed by atoms with Crippen molar-refractivity contribution in [2.75, 3.05) is 29.1 Å². The summed E-state index contributed by atoms with van der Waals surface area (Å²) in [6.45, 7) is 1.85. The van der Waals surface area contributed by atoms with E-state index in [0.717, 1.165) is 37.6 Å². The summed E-state index contributed by atoms with van der Waals surface area (Å²) in [7, 11) is 0. The maximum atomic E-state index is 12.3. The number of nitrogens with one attached hydrogen (secondary N) is 1. The number of carbonyl (C=O) groups is 1. The van der Waals surface area contributed by atoms with Gasteiger partial charge in [-0.2, -0.15) is 0 Å². The van der Waals surface area contributed by atoms with Crippen LogP contribution in [-0.2, 0) is 4.79 Å². The summed E-state index contributed by atoms with van der Waals surface area (Å²) in [5.74, 6) is 1.16. The Hall–Kier alpha value is -2.29. The molecule has 3 aromatic rings. The van der Waals surface area contributed by atoms with Crippen molar-refractivity contribution in [1.82, 2.24) is 19.7 Å². The molecule has 0 unspecified atom stereocenters. The standard InChI is InChI=1S/C19H18Cl2N6OS/c20-13-7-8-16(22-11-13)23-17(28)12-29-19-25-24-18(26-9-3-4-10-26)27(19)15-6-2-1-5-14(15)21/h1-2,5-8,11H,3-4,9-10,12H2,(H,22,23,28). The minimum absolute atomic E-state index is 0.160. The number of amides is 1. The Labute approximate surface area is 182 Å². The molecule has 1 saturated heterocycles. The maximum Gasteiger partial charge on any atom is 0.236 e. The Morgan fingerprint density at radius 2 is 1.90 bits per heavy atom. The second-order valence-electron chi connectivity index (χ2n) is 6.46. The average Bonchev–Trinajstić information content (AvgIpc) is 3.38. The lowest BCUT2D eigenvalue weighted by molar-refractivity contribution is -0.113. The summed E-state index contributed by atoms with van der Waals surface area (Å²) < 4.78 is 1.92. The number of halogens is 2. The molecule has 0 radical (unpaired) electrons. The van der Waals surface area contributed by atoms with E-state index < -0.39 is 0 Å². The van der Waals surface area contributed by atoms with Crippen LogP contribution in [0, 0.1) is 0 Å². The number of benzene rings is 1. The SMILES string of the molecule is O=C(CSc1nnc(N2CCCC2)n1-c1ccccc1Cl)Nc1ccc(Cl)cn1. The van der Waals surface area contributed by atoms with Crippen molar-refractivity contribution in [1.29, 1.82) is 0 Å². The van der Waals surface area contributed by atoms with E-state index in [2.05, 4.69) is 25.4 Å². The fraction of sp³-hybridized carbons (Fsp3) is 0.263. The van der Waals surface area contributed by atoms with Crippen molar-refractivity contribution >= 4 is 52.6 Å². The Balaban J connectivity index is 1.54. The molecule has 0 aliphatic carbocycles. The first-order valence-corrected chi connectivity index (χ1v) is 10.9. The van der Waals surface area contributed by atoms with Crippen LogP contribution >= 0.6 is 35.0 Å². The lowest BCUT2D eigenvalue weighted by Gasteiger charge is -2.19. The molecule has 1 aliphatic rings. The van der Waals surface area contributed by atoms with Crippen LogP contribution in [0.2, 0.25) is 10.0 Å². The van der Waals surface area contributed by atoms with Crippen LogP contribution in [0.15, 0.2) is 47.8 Å². The number of rotatable bonds is 6. The normalized spacial score (nSPS) is 13.7. The Morgan fingerprint density at radius 3 is 2.62 bits per heavy atom. The highest BCUT2D eigenvalue weighted by molar-refractivity contribution is 7.99.